The number of rotatable bonds is 8. The van der Waals surface area contributed by atoms with E-state index in [0.717, 1.165) is 12.3 Å². The average molecular weight is 469 g/mol. The lowest BCUT2D eigenvalue weighted by Gasteiger charge is -2.08. The quantitative estimate of drug-likeness (QED) is 0.338. The van der Waals surface area contributed by atoms with Gasteiger partial charge in [-0.05, 0) is 34.1 Å². The predicted molar refractivity (Wildman–Crippen MR) is 103 cm³/mol. The van der Waals surface area contributed by atoms with Crippen molar-refractivity contribution in [2.75, 3.05) is 13.7 Å². The van der Waals surface area contributed by atoms with Crippen LogP contribution in [0.1, 0.15) is 5.56 Å². The maximum Gasteiger partial charge on any atom is 0.318 e. The number of hydrogen-bond donors (Lipinski definition) is 2. The number of benzene rings is 2. The first-order valence-corrected chi connectivity index (χ1v) is 8.46. The fourth-order valence-electron chi connectivity index (χ4n) is 2.04. The monoisotopic (exact) mass is 468 g/mol. The largest absolute Gasteiger partial charge is 0.502 e. The van der Waals surface area contributed by atoms with E-state index >= 15 is 0 Å². The molecular formula is C16H13BrN4O8. The van der Waals surface area contributed by atoms with E-state index in [1.54, 1.807) is 18.2 Å². The van der Waals surface area contributed by atoms with Gasteiger partial charge in [0.2, 0.25) is 5.75 Å². The average Bonchev–Trinajstić information content (AvgIpc) is 2.67. The number of hydrazone groups is 1. The number of ether oxygens (including phenoxy) is 2. The number of nitrogens with zero attached hydrogens (tertiary/aromatic N) is 3. The Bertz CT molecular complexity index is 995. The Hall–Kier alpha value is -3.74. The maximum absolute atomic E-state index is 11.8. The Morgan fingerprint density at radius 3 is 2.59 bits per heavy atom. The highest BCUT2D eigenvalue weighted by Gasteiger charge is 2.23. The number of phenolic OH excluding ortho intramolecular Hbond substituents is 1. The van der Waals surface area contributed by atoms with Crippen molar-refractivity contribution in [3.05, 3.63) is 60.6 Å². The molecule has 0 spiro atoms. The zero-order valence-corrected chi connectivity index (χ0v) is 16.3. The highest BCUT2D eigenvalue weighted by molar-refractivity contribution is 9.10. The molecule has 2 aromatic carbocycles. The summed E-state index contributed by atoms with van der Waals surface area (Å²) in [7, 11) is 1.50. The molecule has 2 N–H and O–H groups in total. The number of non-ortho nitro benzene ring substituents is 1. The second kappa shape index (κ2) is 9.45. The molecule has 0 radical (unpaired) electrons. The van der Waals surface area contributed by atoms with Crippen molar-refractivity contribution in [2.24, 2.45) is 5.10 Å². The maximum atomic E-state index is 11.8. The molecule has 0 heterocycles. The summed E-state index contributed by atoms with van der Waals surface area (Å²) in [5, 5.41) is 35.1. The van der Waals surface area contributed by atoms with Crippen LogP contribution >= 0.6 is 15.9 Å². The van der Waals surface area contributed by atoms with Gasteiger partial charge in [-0.25, -0.2) is 5.43 Å². The lowest BCUT2D eigenvalue weighted by molar-refractivity contribution is -0.394. The number of amides is 1. The van der Waals surface area contributed by atoms with Gasteiger partial charge >= 0.3 is 5.69 Å². The second-order valence-corrected chi connectivity index (χ2v) is 6.15. The Balaban J connectivity index is 2.04. The third-order valence-electron chi connectivity index (χ3n) is 3.40. The number of methoxy groups -OCH3 is 1. The smallest absolute Gasteiger partial charge is 0.318 e. The lowest BCUT2D eigenvalue weighted by Crippen LogP contribution is -2.24. The Kier molecular flexibility index (Phi) is 7.03. The SMILES string of the molecule is COc1ccc(OCC(=O)N/N=C\c2cc([N+](=O)[O-])cc([N+](=O)[O-])c2O)c(Br)c1. The topological polar surface area (TPSA) is 166 Å². The van der Waals surface area contributed by atoms with E-state index in [4.69, 9.17) is 9.47 Å². The fraction of sp³-hybridized carbons (Fsp3) is 0.125. The highest BCUT2D eigenvalue weighted by Crippen LogP contribution is 2.33. The molecule has 13 heteroatoms. The van der Waals surface area contributed by atoms with Crippen molar-refractivity contribution in [3.63, 3.8) is 0 Å². The molecule has 0 aromatic heterocycles. The van der Waals surface area contributed by atoms with Crippen molar-refractivity contribution in [3.8, 4) is 17.2 Å². The van der Waals surface area contributed by atoms with Crippen LogP contribution in [0.2, 0.25) is 0 Å². The summed E-state index contributed by atoms with van der Waals surface area (Å²) in [4.78, 5) is 31.7. The first kappa shape index (κ1) is 21.6. The molecule has 0 aliphatic rings. The van der Waals surface area contributed by atoms with Crippen LogP contribution in [-0.4, -0.2) is 40.8 Å². The van der Waals surface area contributed by atoms with Crippen molar-refractivity contribution in [2.45, 2.75) is 0 Å². The fourth-order valence-corrected chi connectivity index (χ4v) is 2.52. The number of halogens is 1. The molecule has 1 amide bonds. The number of nitrogens with one attached hydrogen (secondary N) is 1. The summed E-state index contributed by atoms with van der Waals surface area (Å²) in [5.41, 5.74) is 0.291. The van der Waals surface area contributed by atoms with Crippen molar-refractivity contribution in [1.29, 1.82) is 0 Å². The number of aromatic hydroxyl groups is 1. The zero-order chi connectivity index (χ0) is 21.6. The molecule has 0 saturated carbocycles. The van der Waals surface area contributed by atoms with E-state index in [2.05, 4.69) is 26.5 Å². The molecule has 2 aromatic rings. The molecular weight excluding hydrogens is 456 g/mol. The van der Waals surface area contributed by atoms with Gasteiger partial charge in [-0.15, -0.1) is 0 Å². The Labute approximate surface area is 171 Å². The van der Waals surface area contributed by atoms with Gasteiger partial charge in [-0.1, -0.05) is 0 Å². The van der Waals surface area contributed by atoms with Gasteiger partial charge in [0.05, 0.1) is 39.3 Å². The number of carbonyl (C=O) groups is 1. The molecule has 0 atom stereocenters. The number of nitro benzene ring substituents is 2. The number of carbonyl (C=O) groups excluding carboxylic acids is 1. The Morgan fingerprint density at radius 2 is 2.00 bits per heavy atom. The van der Waals surface area contributed by atoms with Gasteiger partial charge in [-0.3, -0.25) is 25.0 Å². The van der Waals surface area contributed by atoms with Gasteiger partial charge in [0, 0.05) is 6.07 Å². The summed E-state index contributed by atoms with van der Waals surface area (Å²) in [6, 6.07) is 6.35. The molecule has 0 saturated heterocycles. The van der Waals surface area contributed by atoms with Crippen LogP contribution in [0, 0.1) is 20.2 Å². The second-order valence-electron chi connectivity index (χ2n) is 5.30. The normalized spacial score (nSPS) is 10.6. The van der Waals surface area contributed by atoms with Crippen LogP contribution in [0.5, 0.6) is 17.2 Å². The molecule has 0 unspecified atom stereocenters. The number of nitro groups is 2. The van der Waals surface area contributed by atoms with Gasteiger partial charge in [0.15, 0.2) is 6.61 Å². The summed E-state index contributed by atoms with van der Waals surface area (Å²) >= 11 is 3.26. The molecule has 29 heavy (non-hydrogen) atoms. The molecule has 12 nitrogen and oxygen atoms in total. The van der Waals surface area contributed by atoms with E-state index in [0.29, 0.717) is 22.0 Å². The highest BCUT2D eigenvalue weighted by atomic mass is 79.9. The van der Waals surface area contributed by atoms with Crippen molar-refractivity contribution < 1.29 is 29.2 Å². The summed E-state index contributed by atoms with van der Waals surface area (Å²) in [6.45, 7) is -0.413. The lowest BCUT2D eigenvalue weighted by atomic mass is 10.1. The molecule has 0 aliphatic carbocycles. The number of hydrogen-bond acceptors (Lipinski definition) is 9. The van der Waals surface area contributed by atoms with Gasteiger partial charge in [-0.2, -0.15) is 5.10 Å². The number of phenols is 1. The Morgan fingerprint density at radius 1 is 1.28 bits per heavy atom. The molecule has 0 fully saturated rings. The molecule has 2 rings (SSSR count). The molecule has 0 aliphatic heterocycles. The summed E-state index contributed by atoms with van der Waals surface area (Å²) in [5.74, 6) is -0.540. The minimum absolute atomic E-state index is 0.315. The third-order valence-corrected chi connectivity index (χ3v) is 4.02. The van der Waals surface area contributed by atoms with Gasteiger partial charge < -0.3 is 14.6 Å². The van der Waals surface area contributed by atoms with E-state index < -0.39 is 39.5 Å². The van der Waals surface area contributed by atoms with Crippen LogP contribution in [0.25, 0.3) is 0 Å². The van der Waals surface area contributed by atoms with E-state index in [9.17, 15) is 30.1 Å². The van der Waals surface area contributed by atoms with Crippen molar-refractivity contribution in [1.82, 2.24) is 5.43 Å². The predicted octanol–water partition coefficient (Wildman–Crippen LogP) is 2.51. The van der Waals surface area contributed by atoms with Crippen LogP contribution in [0.4, 0.5) is 11.4 Å². The zero-order valence-electron chi connectivity index (χ0n) is 14.7. The summed E-state index contributed by atoms with van der Waals surface area (Å²) < 4.78 is 10.9. The van der Waals surface area contributed by atoms with Crippen LogP contribution < -0.4 is 14.9 Å². The molecule has 152 valence electrons. The van der Waals surface area contributed by atoms with Crippen molar-refractivity contribution >= 4 is 39.4 Å². The van der Waals surface area contributed by atoms with Gasteiger partial charge in [0.25, 0.3) is 11.6 Å². The van der Waals surface area contributed by atoms with E-state index in [-0.39, 0.29) is 5.56 Å². The molecule has 0 bridgehead atoms. The van der Waals surface area contributed by atoms with E-state index in [1.807, 2.05) is 0 Å². The van der Waals surface area contributed by atoms with Crippen LogP contribution in [0.15, 0.2) is 39.9 Å². The first-order chi connectivity index (χ1) is 13.7. The summed E-state index contributed by atoms with van der Waals surface area (Å²) in [6.07, 6.45) is 0.844. The van der Waals surface area contributed by atoms with Crippen LogP contribution in [-0.2, 0) is 4.79 Å². The third kappa shape index (κ3) is 5.62. The van der Waals surface area contributed by atoms with Crippen LogP contribution in [0.3, 0.4) is 0 Å². The minimum atomic E-state index is -0.973. The van der Waals surface area contributed by atoms with Gasteiger partial charge in [0.1, 0.15) is 11.5 Å². The van der Waals surface area contributed by atoms with E-state index in [1.165, 1.54) is 7.11 Å². The standard InChI is InChI=1S/C16H13BrN4O8/c1-28-11-2-3-14(12(17)6-11)29-8-15(22)19-18-7-9-4-10(20(24)25)5-13(16(9)23)21(26)27/h2-7,23H,8H2,1H3,(H,19,22)/b18-7-. The minimum Gasteiger partial charge on any atom is -0.502 e. The first-order valence-electron chi connectivity index (χ1n) is 7.67.